The number of hydrogen-bond donors (Lipinski definition) is 3. The number of carbonyl (C=O) groups is 4. The summed E-state index contributed by atoms with van der Waals surface area (Å²) in [5, 5.41) is 23.2. The SMILES string of the molecule is O=C1CCC(N2C(=O)c3ccc(N4CCC(CN5CCN(c6ccc7c(c6)c(=O)[nH]c6nnc(-c8ccccc8O)cc67)CC5)CC4)cc3C2=O)C(=O)N1. The molecule has 0 bridgehead atoms. The van der Waals surface area contributed by atoms with Gasteiger partial charge in [-0.15, -0.1) is 10.2 Å². The number of nitrogens with zero attached hydrogens (tertiary/aromatic N) is 6. The Morgan fingerprint density at radius 1 is 0.685 bits per heavy atom. The van der Waals surface area contributed by atoms with Crippen LogP contribution in [0.3, 0.4) is 0 Å². The van der Waals surface area contributed by atoms with Crippen LogP contribution in [0.1, 0.15) is 46.4 Å². The number of anilines is 2. The van der Waals surface area contributed by atoms with Crippen molar-refractivity contribution in [1.82, 2.24) is 30.3 Å². The number of carbonyl (C=O) groups excluding carboxylic acids is 4. The van der Waals surface area contributed by atoms with Gasteiger partial charge in [0.1, 0.15) is 11.8 Å². The smallest absolute Gasteiger partial charge is 0.262 e. The van der Waals surface area contributed by atoms with E-state index in [0.29, 0.717) is 39.3 Å². The number of aromatic nitrogens is 3. The number of rotatable bonds is 6. The Bertz CT molecular complexity index is 2430. The average Bonchev–Trinajstić information content (AvgIpc) is 3.43. The molecule has 1 unspecified atom stereocenters. The Hall–Kier alpha value is -6.15. The Morgan fingerprint density at radius 3 is 2.19 bits per heavy atom. The van der Waals surface area contributed by atoms with Crippen LogP contribution in [-0.4, -0.2) is 106 Å². The summed E-state index contributed by atoms with van der Waals surface area (Å²) >= 11 is 0. The van der Waals surface area contributed by atoms with Gasteiger partial charge in [0, 0.05) is 79.9 Å². The Kier molecular flexibility index (Phi) is 8.33. The lowest BCUT2D eigenvalue weighted by molar-refractivity contribution is -0.136. The molecule has 0 saturated carbocycles. The van der Waals surface area contributed by atoms with Gasteiger partial charge in [-0.25, -0.2) is 0 Å². The molecule has 6 heterocycles. The van der Waals surface area contributed by atoms with Gasteiger partial charge in [-0.1, -0.05) is 18.2 Å². The number of aromatic amines is 1. The number of amides is 4. The minimum absolute atomic E-state index is 0.0892. The monoisotopic (exact) mass is 726 g/mol. The third kappa shape index (κ3) is 5.92. The summed E-state index contributed by atoms with van der Waals surface area (Å²) in [6, 6.07) is 19.2. The maximum Gasteiger partial charge on any atom is 0.262 e. The number of para-hydroxylation sites is 1. The average molecular weight is 727 g/mol. The molecule has 2 aromatic heterocycles. The number of piperidine rings is 2. The van der Waals surface area contributed by atoms with E-state index in [4.69, 9.17) is 0 Å². The fraction of sp³-hybridized carbons (Fsp3) is 0.325. The van der Waals surface area contributed by atoms with E-state index in [-0.39, 0.29) is 24.2 Å². The maximum atomic E-state index is 13.3. The Balaban J connectivity index is 0.814. The molecule has 4 aliphatic heterocycles. The van der Waals surface area contributed by atoms with Crippen LogP contribution in [0.15, 0.2) is 71.5 Å². The van der Waals surface area contributed by atoms with Crippen molar-refractivity contribution in [3.05, 3.63) is 88.2 Å². The molecule has 14 nitrogen and oxygen atoms in total. The van der Waals surface area contributed by atoms with Gasteiger partial charge in [-0.05, 0) is 79.1 Å². The van der Waals surface area contributed by atoms with Crippen LogP contribution < -0.4 is 20.7 Å². The number of imide groups is 2. The number of nitrogens with one attached hydrogen (secondary N) is 2. The fourth-order valence-corrected chi connectivity index (χ4v) is 8.42. The molecule has 0 aliphatic carbocycles. The molecule has 14 heteroatoms. The highest BCUT2D eigenvalue weighted by atomic mass is 16.3. The molecule has 3 fully saturated rings. The zero-order chi connectivity index (χ0) is 37.1. The van der Waals surface area contributed by atoms with E-state index in [1.54, 1.807) is 30.3 Å². The molecule has 274 valence electrons. The maximum absolute atomic E-state index is 13.3. The molecule has 0 radical (unpaired) electrons. The largest absolute Gasteiger partial charge is 0.507 e. The minimum Gasteiger partial charge on any atom is -0.507 e. The zero-order valence-corrected chi connectivity index (χ0v) is 29.5. The summed E-state index contributed by atoms with van der Waals surface area (Å²) in [5.74, 6) is -1.34. The minimum atomic E-state index is -0.976. The first-order valence-electron chi connectivity index (χ1n) is 18.4. The second-order valence-electron chi connectivity index (χ2n) is 14.6. The number of phenolic OH excluding ortho intramolecular Hbond substituents is 1. The van der Waals surface area contributed by atoms with Crippen LogP contribution in [-0.2, 0) is 9.59 Å². The normalized spacial score (nSPS) is 19.9. The van der Waals surface area contributed by atoms with Crippen molar-refractivity contribution >= 4 is 56.8 Å². The first-order chi connectivity index (χ1) is 26.2. The zero-order valence-electron chi connectivity index (χ0n) is 29.5. The summed E-state index contributed by atoms with van der Waals surface area (Å²) in [6.07, 6.45) is 2.23. The summed E-state index contributed by atoms with van der Waals surface area (Å²) in [4.78, 5) is 74.6. The summed E-state index contributed by atoms with van der Waals surface area (Å²) < 4.78 is 0. The van der Waals surface area contributed by atoms with Gasteiger partial charge in [-0.3, -0.25) is 39.1 Å². The van der Waals surface area contributed by atoms with Crippen molar-refractivity contribution in [2.75, 3.05) is 55.6 Å². The molecule has 5 aromatic rings. The molecular formula is C40H38N8O6. The number of H-pyrrole nitrogens is 1. The highest BCUT2D eigenvalue weighted by Gasteiger charge is 2.45. The van der Waals surface area contributed by atoms with Crippen LogP contribution in [0.2, 0.25) is 0 Å². The number of pyridine rings is 1. The second-order valence-corrected chi connectivity index (χ2v) is 14.6. The molecule has 0 spiro atoms. The van der Waals surface area contributed by atoms with Crippen LogP contribution >= 0.6 is 0 Å². The lowest BCUT2D eigenvalue weighted by Crippen LogP contribution is -2.54. The highest BCUT2D eigenvalue weighted by molar-refractivity contribution is 6.23. The summed E-state index contributed by atoms with van der Waals surface area (Å²) in [5.41, 5.74) is 3.76. The van der Waals surface area contributed by atoms with Crippen molar-refractivity contribution < 1.29 is 24.3 Å². The molecule has 3 N–H and O–H groups in total. The van der Waals surface area contributed by atoms with Gasteiger partial charge in [-0.2, -0.15) is 0 Å². The van der Waals surface area contributed by atoms with E-state index in [1.165, 1.54) is 0 Å². The topological polar surface area (TPSA) is 172 Å². The van der Waals surface area contributed by atoms with Gasteiger partial charge in [0.2, 0.25) is 11.8 Å². The van der Waals surface area contributed by atoms with E-state index >= 15 is 0 Å². The highest BCUT2D eigenvalue weighted by Crippen LogP contribution is 2.34. The van der Waals surface area contributed by atoms with Crippen LogP contribution in [0.25, 0.3) is 33.1 Å². The predicted octanol–water partition coefficient (Wildman–Crippen LogP) is 3.28. The quantitative estimate of drug-likeness (QED) is 0.173. The van der Waals surface area contributed by atoms with E-state index in [9.17, 15) is 29.1 Å². The van der Waals surface area contributed by atoms with Gasteiger partial charge >= 0.3 is 0 Å². The lowest BCUT2D eigenvalue weighted by Gasteiger charge is -2.40. The molecule has 4 aliphatic rings. The molecule has 3 aromatic carbocycles. The van der Waals surface area contributed by atoms with Crippen molar-refractivity contribution in [3.63, 3.8) is 0 Å². The predicted molar refractivity (Wildman–Crippen MR) is 201 cm³/mol. The van der Waals surface area contributed by atoms with Crippen LogP contribution in [0.4, 0.5) is 11.4 Å². The van der Waals surface area contributed by atoms with Gasteiger partial charge in [0.05, 0.1) is 16.8 Å². The lowest BCUT2D eigenvalue weighted by atomic mass is 9.95. The standard InChI is InChI=1S/C40H38N8O6/c49-34-4-2-1-3-28(34)32-21-29-26-7-5-24(19-30(26)37(51)42-36(29)44-43-32)47-17-15-45(16-18-47)22-23-11-13-46(14-12-23)25-6-8-27-31(20-25)40(54)48(39(27)53)33-9-10-35(50)41-38(33)52/h1-8,19-21,23,33,49H,9-18,22H2,(H,41,50,52)(H,42,44,51). The van der Waals surface area contributed by atoms with Gasteiger partial charge in [0.15, 0.2) is 5.65 Å². The van der Waals surface area contributed by atoms with Crippen molar-refractivity contribution in [2.24, 2.45) is 5.92 Å². The molecule has 4 amide bonds. The third-order valence-electron chi connectivity index (χ3n) is 11.4. The molecule has 3 saturated heterocycles. The van der Waals surface area contributed by atoms with Gasteiger partial charge in [0.25, 0.3) is 17.4 Å². The Morgan fingerprint density at radius 2 is 1.41 bits per heavy atom. The van der Waals surface area contributed by atoms with Crippen LogP contribution in [0.5, 0.6) is 5.75 Å². The van der Waals surface area contributed by atoms with Gasteiger partial charge < -0.3 is 19.9 Å². The fourth-order valence-electron chi connectivity index (χ4n) is 8.42. The van der Waals surface area contributed by atoms with E-state index in [2.05, 4.69) is 41.3 Å². The number of fused-ring (bicyclic) bond motifs is 4. The number of hydrogen-bond acceptors (Lipinski definition) is 11. The van der Waals surface area contributed by atoms with Crippen molar-refractivity contribution in [2.45, 2.75) is 31.7 Å². The van der Waals surface area contributed by atoms with E-state index < -0.39 is 29.7 Å². The summed E-state index contributed by atoms with van der Waals surface area (Å²) in [7, 11) is 0. The van der Waals surface area contributed by atoms with E-state index in [1.807, 2.05) is 30.3 Å². The molecule has 54 heavy (non-hydrogen) atoms. The number of phenols is 1. The third-order valence-corrected chi connectivity index (χ3v) is 11.4. The summed E-state index contributed by atoms with van der Waals surface area (Å²) in [6.45, 7) is 6.19. The first-order valence-corrected chi connectivity index (χ1v) is 18.4. The Labute approximate surface area is 309 Å². The second kappa shape index (κ2) is 13.4. The number of piperazine rings is 1. The molecule has 1 atom stereocenters. The number of benzene rings is 3. The van der Waals surface area contributed by atoms with E-state index in [0.717, 1.165) is 85.7 Å². The number of aromatic hydroxyl groups is 1. The molecule has 9 rings (SSSR count). The van der Waals surface area contributed by atoms with Crippen molar-refractivity contribution in [3.8, 4) is 17.0 Å². The molecular weight excluding hydrogens is 688 g/mol. The first kappa shape index (κ1) is 33.7. The van der Waals surface area contributed by atoms with Crippen LogP contribution in [0, 0.1) is 5.92 Å². The van der Waals surface area contributed by atoms with Crippen molar-refractivity contribution in [1.29, 1.82) is 0 Å².